The predicted octanol–water partition coefficient (Wildman–Crippen LogP) is 4.48. The summed E-state index contributed by atoms with van der Waals surface area (Å²) in [5, 5.41) is 8.39. The number of carbonyl (C=O) groups is 1. The summed E-state index contributed by atoms with van der Waals surface area (Å²) in [5.41, 5.74) is 0.775. The van der Waals surface area contributed by atoms with Gasteiger partial charge in [-0.15, -0.1) is 0 Å². The summed E-state index contributed by atoms with van der Waals surface area (Å²) in [6.07, 6.45) is 2.62. The fraction of sp³-hybridized carbons (Fsp3) is 0.357. The average molecular weight is 254 g/mol. The summed E-state index contributed by atoms with van der Waals surface area (Å²) >= 11 is 3.47. The Morgan fingerprint density at radius 3 is 2.00 bits per heavy atom. The molecule has 0 saturated heterocycles. The van der Waals surface area contributed by atoms with Gasteiger partial charge in [-0.3, -0.25) is 4.79 Å². The molecule has 0 heterocycles. The smallest absolute Gasteiger partial charge is 0.250 e. The predicted molar refractivity (Wildman–Crippen MR) is 78.4 cm³/mol. The third-order valence-corrected chi connectivity index (χ3v) is 1.55. The summed E-state index contributed by atoms with van der Waals surface area (Å²) in [6, 6.07) is 9.07. The molecule has 1 N–H and O–H groups in total. The molecule has 0 radical (unpaired) electrons. The van der Waals surface area contributed by atoms with Crippen LogP contribution in [0.15, 0.2) is 36.1 Å². The summed E-state index contributed by atoms with van der Waals surface area (Å²) in [6.45, 7) is 8.25. The Morgan fingerprint density at radius 2 is 1.65 bits per heavy atom. The highest BCUT2D eigenvalue weighted by Crippen LogP contribution is 2.05. The van der Waals surface area contributed by atoms with E-state index in [9.17, 15) is 4.79 Å². The number of aliphatic hydroxyl groups is 1. The van der Waals surface area contributed by atoms with E-state index in [0.717, 1.165) is 5.56 Å². The fourth-order valence-corrected chi connectivity index (χ4v) is 0.833. The second kappa shape index (κ2) is 12.8. The van der Waals surface area contributed by atoms with Crippen molar-refractivity contribution in [3.63, 3.8) is 0 Å². The molecule has 0 aliphatic rings. The van der Waals surface area contributed by atoms with Gasteiger partial charge in [0.2, 0.25) is 0 Å². The van der Waals surface area contributed by atoms with Crippen molar-refractivity contribution >= 4 is 23.8 Å². The van der Waals surface area contributed by atoms with Crippen LogP contribution in [-0.4, -0.2) is 10.2 Å². The van der Waals surface area contributed by atoms with Crippen LogP contribution >= 0.6 is 12.6 Å². The van der Waals surface area contributed by atoms with Crippen LogP contribution in [0, 0.1) is 0 Å². The lowest BCUT2D eigenvalue weighted by Gasteiger charge is -1.93. The molecule has 0 aliphatic carbocycles. The highest BCUT2D eigenvalue weighted by Gasteiger charge is 1.99. The minimum Gasteiger partial charge on any atom is -0.504 e. The SMILES string of the molecule is CC.CCC.O=C(S)/C(O)=C/c1ccccc1. The lowest BCUT2D eigenvalue weighted by atomic mass is 10.2. The fourth-order valence-electron chi connectivity index (χ4n) is 0.769. The molecule has 0 saturated carbocycles. The molecule has 0 bridgehead atoms. The first kappa shape index (κ1) is 18.2. The first-order valence-corrected chi connectivity index (χ1v) is 6.25. The largest absolute Gasteiger partial charge is 0.504 e. The van der Waals surface area contributed by atoms with Crippen LogP contribution in [0.1, 0.15) is 39.7 Å². The van der Waals surface area contributed by atoms with Gasteiger partial charge in [0.15, 0.2) is 5.76 Å². The molecule has 1 rings (SSSR count). The Balaban J connectivity index is 0. The van der Waals surface area contributed by atoms with E-state index >= 15 is 0 Å². The van der Waals surface area contributed by atoms with E-state index < -0.39 is 5.12 Å². The molecule has 2 nitrogen and oxygen atoms in total. The molecular weight excluding hydrogens is 232 g/mol. The third-order valence-electron chi connectivity index (χ3n) is 1.32. The van der Waals surface area contributed by atoms with E-state index in [1.165, 1.54) is 12.5 Å². The zero-order valence-electron chi connectivity index (χ0n) is 11.0. The number of carbonyl (C=O) groups excluding carboxylic acids is 1. The van der Waals surface area contributed by atoms with Crippen LogP contribution in [0.2, 0.25) is 0 Å². The summed E-state index contributed by atoms with van der Waals surface area (Å²) < 4.78 is 0. The first-order valence-electron chi connectivity index (χ1n) is 5.80. The maximum Gasteiger partial charge on any atom is 0.250 e. The van der Waals surface area contributed by atoms with Crippen LogP contribution in [0.3, 0.4) is 0 Å². The van der Waals surface area contributed by atoms with Crippen LogP contribution in [-0.2, 0) is 4.79 Å². The van der Waals surface area contributed by atoms with E-state index in [2.05, 4.69) is 26.5 Å². The highest BCUT2D eigenvalue weighted by molar-refractivity contribution is 7.97. The maximum atomic E-state index is 10.5. The molecule has 0 aliphatic heterocycles. The van der Waals surface area contributed by atoms with Crippen molar-refractivity contribution in [2.75, 3.05) is 0 Å². The van der Waals surface area contributed by atoms with Gasteiger partial charge in [-0.05, 0) is 11.6 Å². The molecular formula is C14H22O2S. The van der Waals surface area contributed by atoms with E-state index in [1.54, 1.807) is 12.1 Å². The minimum atomic E-state index is -0.626. The van der Waals surface area contributed by atoms with Crippen molar-refractivity contribution in [2.45, 2.75) is 34.1 Å². The molecule has 0 aromatic heterocycles. The van der Waals surface area contributed by atoms with Gasteiger partial charge in [-0.1, -0.05) is 77.1 Å². The van der Waals surface area contributed by atoms with Crippen LogP contribution in [0.4, 0.5) is 0 Å². The Bertz CT molecular complexity index is 318. The first-order chi connectivity index (χ1) is 8.11. The van der Waals surface area contributed by atoms with E-state index in [0.29, 0.717) is 0 Å². The number of rotatable bonds is 2. The number of thiol groups is 1. The molecule has 1 aromatic rings. The highest BCUT2D eigenvalue weighted by atomic mass is 32.1. The molecule has 0 fully saturated rings. The van der Waals surface area contributed by atoms with Crippen molar-refractivity contribution < 1.29 is 9.90 Å². The molecule has 17 heavy (non-hydrogen) atoms. The second-order valence-electron chi connectivity index (χ2n) is 2.95. The number of hydrogen-bond donors (Lipinski definition) is 2. The Hall–Kier alpha value is -1.22. The van der Waals surface area contributed by atoms with Gasteiger partial charge in [-0.2, -0.15) is 0 Å². The number of aliphatic hydroxyl groups excluding tert-OH is 1. The summed E-state index contributed by atoms with van der Waals surface area (Å²) in [7, 11) is 0. The Labute approximate surface area is 110 Å². The summed E-state index contributed by atoms with van der Waals surface area (Å²) in [4.78, 5) is 10.5. The Kier molecular flexibility index (Phi) is 13.7. The zero-order chi connectivity index (χ0) is 13.7. The number of hydrogen-bond acceptors (Lipinski definition) is 2. The third kappa shape index (κ3) is 11.1. The standard InChI is InChI=1S/C9H8O2S.C3H8.C2H6/c10-8(9(11)12)6-7-4-2-1-3-5-7;1-3-2;1-2/h1-6,10H,(H,11,12);3H2,1-2H3;1-2H3/b8-6-;;. The minimum absolute atomic E-state index is 0.343. The van der Waals surface area contributed by atoms with Crippen molar-refractivity contribution in [1.29, 1.82) is 0 Å². The molecule has 0 unspecified atom stereocenters. The monoisotopic (exact) mass is 254 g/mol. The van der Waals surface area contributed by atoms with Gasteiger partial charge >= 0.3 is 0 Å². The molecule has 1 aromatic carbocycles. The zero-order valence-corrected chi connectivity index (χ0v) is 11.9. The van der Waals surface area contributed by atoms with Crippen LogP contribution in [0.25, 0.3) is 6.08 Å². The normalized spacial score (nSPS) is 9.35. The second-order valence-corrected chi connectivity index (χ2v) is 3.36. The van der Waals surface area contributed by atoms with Crippen molar-refractivity contribution in [1.82, 2.24) is 0 Å². The number of benzene rings is 1. The lowest BCUT2D eigenvalue weighted by Crippen LogP contribution is -1.90. The van der Waals surface area contributed by atoms with Crippen LogP contribution < -0.4 is 0 Å². The summed E-state index contributed by atoms with van der Waals surface area (Å²) in [5.74, 6) is -0.343. The van der Waals surface area contributed by atoms with Crippen molar-refractivity contribution in [3.05, 3.63) is 41.7 Å². The van der Waals surface area contributed by atoms with Gasteiger partial charge in [0, 0.05) is 0 Å². The molecule has 0 spiro atoms. The van der Waals surface area contributed by atoms with Gasteiger partial charge in [-0.25, -0.2) is 0 Å². The van der Waals surface area contributed by atoms with Gasteiger partial charge in [0.25, 0.3) is 5.12 Å². The molecule has 0 atom stereocenters. The quantitative estimate of drug-likeness (QED) is 0.464. The van der Waals surface area contributed by atoms with Gasteiger partial charge in [0.1, 0.15) is 0 Å². The van der Waals surface area contributed by atoms with Gasteiger partial charge in [0.05, 0.1) is 0 Å². The van der Waals surface area contributed by atoms with Crippen LogP contribution in [0.5, 0.6) is 0 Å². The Morgan fingerprint density at radius 1 is 1.24 bits per heavy atom. The average Bonchev–Trinajstić information content (AvgIpc) is 2.34. The molecule has 3 heteroatoms. The van der Waals surface area contributed by atoms with E-state index in [4.69, 9.17) is 5.11 Å². The van der Waals surface area contributed by atoms with Crippen molar-refractivity contribution in [3.8, 4) is 0 Å². The van der Waals surface area contributed by atoms with E-state index in [1.807, 2.05) is 32.0 Å². The maximum absolute atomic E-state index is 10.5. The lowest BCUT2D eigenvalue weighted by molar-refractivity contribution is -0.109. The molecule has 0 amide bonds. The topological polar surface area (TPSA) is 37.3 Å². The van der Waals surface area contributed by atoms with Crippen molar-refractivity contribution in [2.24, 2.45) is 0 Å². The van der Waals surface area contributed by atoms with E-state index in [-0.39, 0.29) is 5.76 Å². The molecule has 96 valence electrons. The van der Waals surface area contributed by atoms with Gasteiger partial charge < -0.3 is 5.11 Å².